The maximum Gasteiger partial charge on any atom is 0.131 e. The predicted octanol–water partition coefficient (Wildman–Crippen LogP) is 3.19. The molecule has 0 radical (unpaired) electrons. The third-order valence-electron chi connectivity index (χ3n) is 4.44. The van der Waals surface area contributed by atoms with Gasteiger partial charge in [0.2, 0.25) is 0 Å². The number of nitrogens with zero attached hydrogens (tertiary/aromatic N) is 2. The molecule has 3 heteroatoms. The minimum absolute atomic E-state index is 0.523. The van der Waals surface area contributed by atoms with Crippen molar-refractivity contribution in [1.82, 2.24) is 10.3 Å². The zero-order valence-electron chi connectivity index (χ0n) is 12.0. The molecule has 2 aliphatic rings. The third kappa shape index (κ3) is 2.92. The summed E-state index contributed by atoms with van der Waals surface area (Å²) in [5, 5.41) is 3.61. The molecule has 2 aliphatic heterocycles. The second kappa shape index (κ2) is 5.91. The Labute approximate surface area is 116 Å². The van der Waals surface area contributed by atoms with Gasteiger partial charge in [-0.1, -0.05) is 6.42 Å². The fourth-order valence-electron chi connectivity index (χ4n) is 3.35. The van der Waals surface area contributed by atoms with E-state index in [9.17, 15) is 0 Å². The van der Waals surface area contributed by atoms with Crippen molar-refractivity contribution < 1.29 is 0 Å². The van der Waals surface area contributed by atoms with Crippen LogP contribution >= 0.6 is 0 Å². The van der Waals surface area contributed by atoms with Gasteiger partial charge in [-0.25, -0.2) is 4.98 Å². The molecule has 1 aromatic heterocycles. The van der Waals surface area contributed by atoms with Crippen LogP contribution in [0.5, 0.6) is 0 Å². The fourth-order valence-corrected chi connectivity index (χ4v) is 3.35. The van der Waals surface area contributed by atoms with Crippen LogP contribution in [-0.4, -0.2) is 24.6 Å². The van der Waals surface area contributed by atoms with Gasteiger partial charge in [-0.05, 0) is 62.8 Å². The summed E-state index contributed by atoms with van der Waals surface area (Å²) in [5.74, 6) is 1.21. The molecule has 2 fully saturated rings. The first-order chi connectivity index (χ1) is 9.34. The van der Waals surface area contributed by atoms with Crippen molar-refractivity contribution in [3.8, 4) is 0 Å². The van der Waals surface area contributed by atoms with Crippen LogP contribution in [0.2, 0.25) is 0 Å². The molecule has 0 aliphatic carbocycles. The second-order valence-electron chi connectivity index (χ2n) is 5.96. The molecular weight excluding hydrogens is 234 g/mol. The van der Waals surface area contributed by atoms with Gasteiger partial charge in [-0.3, -0.25) is 0 Å². The van der Waals surface area contributed by atoms with Gasteiger partial charge >= 0.3 is 0 Å². The summed E-state index contributed by atoms with van der Waals surface area (Å²) in [4.78, 5) is 7.22. The van der Waals surface area contributed by atoms with Gasteiger partial charge in [0.1, 0.15) is 5.82 Å². The van der Waals surface area contributed by atoms with Gasteiger partial charge in [0.15, 0.2) is 0 Å². The summed E-state index contributed by atoms with van der Waals surface area (Å²) < 4.78 is 0. The molecule has 3 rings (SSSR count). The summed E-state index contributed by atoms with van der Waals surface area (Å²) in [6.07, 6.45) is 10.0. The van der Waals surface area contributed by atoms with E-state index in [4.69, 9.17) is 4.98 Å². The Morgan fingerprint density at radius 2 is 2.00 bits per heavy atom. The van der Waals surface area contributed by atoms with Gasteiger partial charge in [-0.2, -0.15) is 0 Å². The standard InChI is InChI=1S/C16H25N3/c1-13-11-14(15-7-3-4-8-17-15)12-18-16(13)19-9-5-2-6-10-19/h11-12,15,17H,2-10H2,1H3/t15-/m0/s1. The lowest BCUT2D eigenvalue weighted by molar-refractivity contribution is 0.411. The third-order valence-corrected chi connectivity index (χ3v) is 4.44. The first kappa shape index (κ1) is 12.9. The Balaban J connectivity index is 1.76. The summed E-state index contributed by atoms with van der Waals surface area (Å²) in [6, 6.07) is 2.87. The number of rotatable bonds is 2. The fraction of sp³-hybridized carbons (Fsp3) is 0.688. The molecule has 104 valence electrons. The van der Waals surface area contributed by atoms with Gasteiger partial charge in [-0.15, -0.1) is 0 Å². The molecule has 0 spiro atoms. The average molecular weight is 259 g/mol. The first-order valence-corrected chi connectivity index (χ1v) is 7.79. The molecule has 0 aromatic carbocycles. The lowest BCUT2D eigenvalue weighted by atomic mass is 9.98. The monoisotopic (exact) mass is 259 g/mol. The number of nitrogens with one attached hydrogen (secondary N) is 1. The van der Waals surface area contributed by atoms with Gasteiger partial charge in [0, 0.05) is 25.3 Å². The molecule has 3 heterocycles. The van der Waals surface area contributed by atoms with Gasteiger partial charge in [0.25, 0.3) is 0 Å². The SMILES string of the molecule is Cc1cc([C@@H]2CCCCN2)cnc1N1CCCCC1. The van der Waals surface area contributed by atoms with Gasteiger partial charge in [0.05, 0.1) is 0 Å². The Morgan fingerprint density at radius 1 is 1.16 bits per heavy atom. The van der Waals surface area contributed by atoms with Crippen molar-refractivity contribution in [2.75, 3.05) is 24.5 Å². The first-order valence-electron chi connectivity index (χ1n) is 7.79. The van der Waals surface area contributed by atoms with E-state index in [-0.39, 0.29) is 0 Å². The van der Waals surface area contributed by atoms with Crippen LogP contribution in [0.4, 0.5) is 5.82 Å². The van der Waals surface area contributed by atoms with E-state index >= 15 is 0 Å². The Bertz CT molecular complexity index is 418. The normalized spacial score (nSPS) is 24.5. The molecule has 0 amide bonds. The Hall–Kier alpha value is -1.09. The number of hydrogen-bond acceptors (Lipinski definition) is 3. The van der Waals surface area contributed by atoms with Crippen molar-refractivity contribution >= 4 is 5.82 Å². The molecular formula is C16H25N3. The number of aryl methyl sites for hydroxylation is 1. The van der Waals surface area contributed by atoms with Crippen molar-refractivity contribution in [3.05, 3.63) is 23.4 Å². The summed E-state index contributed by atoms with van der Waals surface area (Å²) in [5.41, 5.74) is 2.71. The lowest BCUT2D eigenvalue weighted by Crippen LogP contribution is -2.31. The highest BCUT2D eigenvalue weighted by Gasteiger charge is 2.18. The van der Waals surface area contributed by atoms with E-state index < -0.39 is 0 Å². The van der Waals surface area contributed by atoms with Crippen LogP contribution < -0.4 is 10.2 Å². The largest absolute Gasteiger partial charge is 0.356 e. The van der Waals surface area contributed by atoms with E-state index in [0.29, 0.717) is 6.04 Å². The quantitative estimate of drug-likeness (QED) is 0.884. The predicted molar refractivity (Wildman–Crippen MR) is 79.6 cm³/mol. The minimum Gasteiger partial charge on any atom is -0.356 e. The zero-order valence-corrected chi connectivity index (χ0v) is 12.0. The number of hydrogen-bond donors (Lipinski definition) is 1. The Kier molecular flexibility index (Phi) is 4.02. The highest BCUT2D eigenvalue weighted by molar-refractivity contribution is 5.48. The van der Waals surface area contributed by atoms with Crippen LogP contribution in [0.3, 0.4) is 0 Å². The Morgan fingerprint density at radius 3 is 2.68 bits per heavy atom. The highest BCUT2D eigenvalue weighted by Crippen LogP contribution is 2.27. The summed E-state index contributed by atoms with van der Waals surface area (Å²) in [7, 11) is 0. The van der Waals surface area contributed by atoms with Gasteiger partial charge < -0.3 is 10.2 Å². The van der Waals surface area contributed by atoms with Crippen LogP contribution in [0, 0.1) is 6.92 Å². The smallest absolute Gasteiger partial charge is 0.131 e. The molecule has 1 aromatic rings. The van der Waals surface area contributed by atoms with E-state index in [2.05, 4.69) is 29.4 Å². The van der Waals surface area contributed by atoms with E-state index in [1.807, 2.05) is 0 Å². The second-order valence-corrected chi connectivity index (χ2v) is 5.96. The summed E-state index contributed by atoms with van der Waals surface area (Å²) in [6.45, 7) is 5.71. The molecule has 0 unspecified atom stereocenters. The van der Waals surface area contributed by atoms with Crippen LogP contribution in [0.1, 0.15) is 55.7 Å². The van der Waals surface area contributed by atoms with E-state index in [1.54, 1.807) is 0 Å². The molecule has 19 heavy (non-hydrogen) atoms. The van der Waals surface area contributed by atoms with Crippen LogP contribution in [-0.2, 0) is 0 Å². The lowest BCUT2D eigenvalue weighted by Gasteiger charge is -2.30. The number of anilines is 1. The van der Waals surface area contributed by atoms with Crippen molar-refractivity contribution in [2.24, 2.45) is 0 Å². The minimum atomic E-state index is 0.523. The number of pyridine rings is 1. The topological polar surface area (TPSA) is 28.2 Å². The zero-order chi connectivity index (χ0) is 13.1. The highest BCUT2D eigenvalue weighted by atomic mass is 15.2. The molecule has 1 N–H and O–H groups in total. The molecule has 1 atom stereocenters. The summed E-state index contributed by atoms with van der Waals surface area (Å²) >= 11 is 0. The van der Waals surface area contributed by atoms with E-state index in [0.717, 1.165) is 6.54 Å². The van der Waals surface area contributed by atoms with Crippen molar-refractivity contribution in [2.45, 2.75) is 51.5 Å². The van der Waals surface area contributed by atoms with Crippen molar-refractivity contribution in [3.63, 3.8) is 0 Å². The van der Waals surface area contributed by atoms with Crippen molar-refractivity contribution in [1.29, 1.82) is 0 Å². The molecule has 2 saturated heterocycles. The molecule has 0 saturated carbocycles. The number of aromatic nitrogens is 1. The van der Waals surface area contributed by atoms with Crippen LogP contribution in [0.25, 0.3) is 0 Å². The number of piperidine rings is 2. The maximum absolute atomic E-state index is 4.76. The molecule has 3 nitrogen and oxygen atoms in total. The maximum atomic E-state index is 4.76. The van der Waals surface area contributed by atoms with E-state index in [1.165, 1.54) is 68.6 Å². The average Bonchev–Trinajstić information content (AvgIpc) is 2.49. The molecule has 0 bridgehead atoms. The van der Waals surface area contributed by atoms with Crippen LogP contribution in [0.15, 0.2) is 12.3 Å².